The van der Waals surface area contributed by atoms with Crippen LogP contribution in [-0.4, -0.2) is 35.0 Å². The zero-order chi connectivity index (χ0) is 19.0. The highest BCUT2D eigenvalue weighted by Crippen LogP contribution is 2.37. The van der Waals surface area contributed by atoms with E-state index >= 15 is 0 Å². The van der Waals surface area contributed by atoms with Crippen molar-refractivity contribution in [2.45, 2.75) is 78.6 Å². The zero-order valence-electron chi connectivity index (χ0n) is 16.5. The van der Waals surface area contributed by atoms with Gasteiger partial charge in [-0.3, -0.25) is 10.3 Å². The molecular weight excluding hydrogens is 319 g/mol. The molecule has 0 saturated carbocycles. The number of rotatable bonds is 3. The number of anilines is 1. The maximum Gasteiger partial charge on any atom is 0.496 e. The van der Waals surface area contributed by atoms with Crippen molar-refractivity contribution in [2.75, 3.05) is 5.32 Å². The maximum absolute atomic E-state index is 12.1. The molecule has 1 aromatic heterocycles. The fourth-order valence-corrected chi connectivity index (χ4v) is 2.59. The smallest absolute Gasteiger partial charge is 0.444 e. The van der Waals surface area contributed by atoms with Crippen LogP contribution in [0.4, 0.5) is 10.5 Å². The molecule has 138 valence electrons. The van der Waals surface area contributed by atoms with Gasteiger partial charge in [0, 0.05) is 11.7 Å². The SMILES string of the molecule is CCc1c(NC(=O)OC(C)(C)C)cncc1B1OC(C)(C)C(C)(C)O1. The van der Waals surface area contributed by atoms with Crippen LogP contribution >= 0.6 is 0 Å². The summed E-state index contributed by atoms with van der Waals surface area (Å²) in [6.45, 7) is 15.5. The van der Waals surface area contributed by atoms with Crippen molar-refractivity contribution in [3.05, 3.63) is 18.0 Å². The standard InChI is InChI=1S/C18H29BN2O4/c1-9-12-13(19-24-17(5,6)18(7,8)25-19)10-20-11-14(12)21-15(22)23-16(2,3)4/h10-11H,9H2,1-8H3,(H,21,22). The van der Waals surface area contributed by atoms with Gasteiger partial charge in [0.1, 0.15) is 5.60 Å². The highest BCUT2D eigenvalue weighted by Gasteiger charge is 2.52. The van der Waals surface area contributed by atoms with E-state index < -0.39 is 30.0 Å². The molecule has 0 bridgehead atoms. The number of nitrogens with one attached hydrogen (secondary N) is 1. The largest absolute Gasteiger partial charge is 0.496 e. The zero-order valence-corrected chi connectivity index (χ0v) is 16.5. The first kappa shape index (κ1) is 19.7. The molecular formula is C18H29BN2O4. The summed E-state index contributed by atoms with van der Waals surface area (Å²) in [4.78, 5) is 16.4. The molecule has 1 N–H and O–H groups in total. The number of aromatic nitrogens is 1. The topological polar surface area (TPSA) is 69.7 Å². The monoisotopic (exact) mass is 348 g/mol. The molecule has 25 heavy (non-hydrogen) atoms. The number of carbonyl (C=O) groups excluding carboxylic acids is 1. The normalized spacial score (nSPS) is 19.0. The molecule has 0 atom stereocenters. The van der Waals surface area contributed by atoms with Crippen molar-refractivity contribution in [3.8, 4) is 0 Å². The predicted molar refractivity (Wildman–Crippen MR) is 99.2 cm³/mol. The number of hydrogen-bond donors (Lipinski definition) is 1. The third-order valence-electron chi connectivity index (χ3n) is 4.59. The molecule has 0 aromatic carbocycles. The molecule has 7 heteroatoms. The summed E-state index contributed by atoms with van der Waals surface area (Å²) >= 11 is 0. The Morgan fingerprint density at radius 3 is 2.24 bits per heavy atom. The fraction of sp³-hybridized carbons (Fsp3) is 0.667. The Bertz CT molecular complexity index is 637. The minimum absolute atomic E-state index is 0.433. The van der Waals surface area contributed by atoms with Gasteiger partial charge < -0.3 is 14.0 Å². The average molecular weight is 348 g/mol. The van der Waals surface area contributed by atoms with Gasteiger partial charge in [0.05, 0.1) is 23.1 Å². The Morgan fingerprint density at radius 2 is 1.76 bits per heavy atom. The van der Waals surface area contributed by atoms with Crippen LogP contribution in [0, 0.1) is 0 Å². The van der Waals surface area contributed by atoms with Gasteiger partial charge in [0.15, 0.2) is 0 Å². The van der Waals surface area contributed by atoms with E-state index in [2.05, 4.69) is 10.3 Å². The Morgan fingerprint density at radius 1 is 1.20 bits per heavy atom. The summed E-state index contributed by atoms with van der Waals surface area (Å²) in [5.74, 6) is 0. The van der Waals surface area contributed by atoms with E-state index in [9.17, 15) is 4.79 Å². The number of amides is 1. The van der Waals surface area contributed by atoms with E-state index in [1.165, 1.54) is 0 Å². The van der Waals surface area contributed by atoms with Crippen LogP contribution in [0.25, 0.3) is 0 Å². The Balaban J connectivity index is 2.29. The van der Waals surface area contributed by atoms with Gasteiger partial charge in [-0.1, -0.05) is 6.92 Å². The van der Waals surface area contributed by atoms with Crippen molar-refractivity contribution in [2.24, 2.45) is 0 Å². The molecule has 2 rings (SSSR count). The molecule has 1 amide bonds. The van der Waals surface area contributed by atoms with Crippen molar-refractivity contribution >= 4 is 24.4 Å². The second-order valence-corrected chi connectivity index (χ2v) is 8.32. The summed E-state index contributed by atoms with van der Waals surface area (Å²) in [6, 6.07) is 0. The maximum atomic E-state index is 12.1. The van der Waals surface area contributed by atoms with Crippen LogP contribution < -0.4 is 10.8 Å². The first-order valence-electron chi connectivity index (χ1n) is 8.69. The second kappa shape index (κ2) is 6.61. The van der Waals surface area contributed by atoms with Gasteiger partial charge in [0.2, 0.25) is 0 Å². The Kier molecular flexibility index (Phi) is 5.22. The lowest BCUT2D eigenvalue weighted by atomic mass is 9.76. The average Bonchev–Trinajstić information content (AvgIpc) is 2.65. The molecule has 1 aliphatic rings. The van der Waals surface area contributed by atoms with Gasteiger partial charge in [-0.05, 0) is 60.5 Å². The Labute approximate surface area is 150 Å². The molecule has 1 fully saturated rings. The minimum atomic E-state index is -0.562. The van der Waals surface area contributed by atoms with E-state index in [0.29, 0.717) is 12.1 Å². The minimum Gasteiger partial charge on any atom is -0.444 e. The number of pyridine rings is 1. The van der Waals surface area contributed by atoms with Gasteiger partial charge in [-0.2, -0.15) is 0 Å². The molecule has 1 saturated heterocycles. The molecule has 0 spiro atoms. The summed E-state index contributed by atoms with van der Waals surface area (Å²) in [5.41, 5.74) is 0.944. The molecule has 6 nitrogen and oxygen atoms in total. The van der Waals surface area contributed by atoms with Crippen LogP contribution in [0.1, 0.15) is 61.0 Å². The highest BCUT2D eigenvalue weighted by molar-refractivity contribution is 6.62. The summed E-state index contributed by atoms with van der Waals surface area (Å²) in [7, 11) is -0.521. The second-order valence-electron chi connectivity index (χ2n) is 8.32. The van der Waals surface area contributed by atoms with Crippen LogP contribution in [0.2, 0.25) is 0 Å². The van der Waals surface area contributed by atoms with Crippen LogP contribution in [0.15, 0.2) is 12.4 Å². The molecule has 1 aromatic rings. The van der Waals surface area contributed by atoms with Crippen molar-refractivity contribution in [1.82, 2.24) is 4.98 Å². The van der Waals surface area contributed by atoms with Crippen LogP contribution in [-0.2, 0) is 20.5 Å². The lowest BCUT2D eigenvalue weighted by Gasteiger charge is -2.32. The molecule has 2 heterocycles. The third-order valence-corrected chi connectivity index (χ3v) is 4.59. The van der Waals surface area contributed by atoms with Crippen molar-refractivity contribution in [1.29, 1.82) is 0 Å². The molecule has 0 radical (unpaired) electrons. The van der Waals surface area contributed by atoms with Crippen molar-refractivity contribution < 1.29 is 18.8 Å². The van der Waals surface area contributed by atoms with E-state index in [1.54, 1.807) is 12.4 Å². The number of nitrogens with zero attached hydrogens (tertiary/aromatic N) is 1. The predicted octanol–water partition coefficient (Wildman–Crippen LogP) is 3.29. The molecule has 0 aliphatic carbocycles. The van der Waals surface area contributed by atoms with Gasteiger partial charge >= 0.3 is 13.2 Å². The van der Waals surface area contributed by atoms with Crippen LogP contribution in [0.3, 0.4) is 0 Å². The third kappa shape index (κ3) is 4.33. The van der Waals surface area contributed by atoms with Gasteiger partial charge in [-0.25, -0.2) is 4.79 Å². The lowest BCUT2D eigenvalue weighted by molar-refractivity contribution is 0.00578. The van der Waals surface area contributed by atoms with Gasteiger partial charge in [0.25, 0.3) is 0 Å². The van der Waals surface area contributed by atoms with Crippen LogP contribution in [0.5, 0.6) is 0 Å². The highest BCUT2D eigenvalue weighted by atomic mass is 16.7. The summed E-state index contributed by atoms with van der Waals surface area (Å²) < 4.78 is 17.6. The fourth-order valence-electron chi connectivity index (χ4n) is 2.59. The number of hydrogen-bond acceptors (Lipinski definition) is 5. The van der Waals surface area contributed by atoms with E-state index in [0.717, 1.165) is 11.0 Å². The molecule has 0 unspecified atom stereocenters. The number of ether oxygens (including phenoxy) is 1. The summed E-state index contributed by atoms with van der Waals surface area (Å²) in [6.07, 6.45) is 3.56. The quantitative estimate of drug-likeness (QED) is 0.849. The number of carbonyl (C=O) groups is 1. The van der Waals surface area contributed by atoms with E-state index in [1.807, 2.05) is 55.4 Å². The van der Waals surface area contributed by atoms with Crippen molar-refractivity contribution in [3.63, 3.8) is 0 Å². The van der Waals surface area contributed by atoms with E-state index in [-0.39, 0.29) is 0 Å². The van der Waals surface area contributed by atoms with E-state index in [4.69, 9.17) is 14.0 Å². The summed E-state index contributed by atoms with van der Waals surface area (Å²) in [5, 5.41) is 2.79. The molecule has 1 aliphatic heterocycles. The first-order valence-corrected chi connectivity index (χ1v) is 8.69. The lowest BCUT2D eigenvalue weighted by Crippen LogP contribution is -2.41. The Hall–Kier alpha value is -1.60. The first-order chi connectivity index (χ1) is 11.4. The van der Waals surface area contributed by atoms with Gasteiger partial charge in [-0.15, -0.1) is 0 Å².